The fraction of sp³-hybridized carbons (Fsp3) is 0.625. The molecule has 23 heavy (non-hydrogen) atoms. The minimum atomic E-state index is -0.714. The zero-order valence-corrected chi connectivity index (χ0v) is 14.0. The Morgan fingerprint density at radius 1 is 1.30 bits per heavy atom. The van der Waals surface area contributed by atoms with E-state index in [4.69, 9.17) is 4.74 Å². The number of nitrogens with zero attached hydrogens (tertiary/aromatic N) is 2. The summed E-state index contributed by atoms with van der Waals surface area (Å²) in [6, 6.07) is 2.63. The molecule has 1 amide bonds. The van der Waals surface area contributed by atoms with Gasteiger partial charge in [-0.25, -0.2) is 9.48 Å². The van der Waals surface area contributed by atoms with Gasteiger partial charge in [-0.3, -0.25) is 9.59 Å². The molecule has 1 atom stereocenters. The summed E-state index contributed by atoms with van der Waals surface area (Å²) in [5.74, 6) is -1.06. The molecule has 0 radical (unpaired) electrons. The molecule has 0 aliphatic carbocycles. The van der Waals surface area contributed by atoms with E-state index in [0.29, 0.717) is 6.54 Å². The lowest BCUT2D eigenvalue weighted by molar-refractivity contribution is -0.124. The van der Waals surface area contributed by atoms with E-state index < -0.39 is 5.97 Å². The summed E-state index contributed by atoms with van der Waals surface area (Å²) in [4.78, 5) is 35.2. The first-order valence-corrected chi connectivity index (χ1v) is 8.02. The van der Waals surface area contributed by atoms with Crippen molar-refractivity contribution in [3.05, 3.63) is 28.2 Å². The molecule has 1 aromatic heterocycles. The summed E-state index contributed by atoms with van der Waals surface area (Å²) in [5.41, 5.74) is -0.240. The van der Waals surface area contributed by atoms with Crippen LogP contribution in [0.4, 0.5) is 0 Å². The van der Waals surface area contributed by atoms with Gasteiger partial charge in [0.15, 0.2) is 12.3 Å². The van der Waals surface area contributed by atoms with Gasteiger partial charge in [-0.1, -0.05) is 26.7 Å². The van der Waals surface area contributed by atoms with E-state index >= 15 is 0 Å². The number of aromatic nitrogens is 2. The molecule has 0 fully saturated rings. The first-order chi connectivity index (χ1) is 11.0. The van der Waals surface area contributed by atoms with E-state index in [1.165, 1.54) is 16.8 Å². The van der Waals surface area contributed by atoms with Gasteiger partial charge in [-0.2, -0.15) is 5.10 Å². The number of carbonyl (C=O) groups is 2. The topological polar surface area (TPSA) is 90.3 Å². The van der Waals surface area contributed by atoms with Crippen molar-refractivity contribution in [3.8, 4) is 0 Å². The van der Waals surface area contributed by atoms with Crippen LogP contribution >= 0.6 is 0 Å². The van der Waals surface area contributed by atoms with Crippen molar-refractivity contribution in [1.82, 2.24) is 15.1 Å². The van der Waals surface area contributed by atoms with Crippen molar-refractivity contribution in [1.29, 1.82) is 0 Å². The molecule has 0 saturated carbocycles. The third-order valence-corrected chi connectivity index (χ3v) is 3.26. The van der Waals surface area contributed by atoms with Crippen LogP contribution in [0.25, 0.3) is 0 Å². The summed E-state index contributed by atoms with van der Waals surface area (Å²) in [6.45, 7) is 6.02. The lowest BCUT2D eigenvalue weighted by Crippen LogP contribution is -2.36. The molecule has 1 heterocycles. The van der Waals surface area contributed by atoms with Gasteiger partial charge in [0, 0.05) is 18.7 Å². The van der Waals surface area contributed by atoms with E-state index in [-0.39, 0.29) is 29.8 Å². The van der Waals surface area contributed by atoms with Crippen LogP contribution in [0.3, 0.4) is 0 Å². The third kappa shape index (κ3) is 6.63. The average Bonchev–Trinajstić information content (AvgIpc) is 2.52. The third-order valence-electron chi connectivity index (χ3n) is 3.26. The number of aryl methyl sites for hydroxylation is 1. The predicted molar refractivity (Wildman–Crippen MR) is 86.2 cm³/mol. The summed E-state index contributed by atoms with van der Waals surface area (Å²) in [6.07, 6.45) is 3.54. The van der Waals surface area contributed by atoms with Gasteiger partial charge in [0.25, 0.3) is 11.5 Å². The quantitative estimate of drug-likeness (QED) is 0.696. The van der Waals surface area contributed by atoms with E-state index in [9.17, 15) is 14.4 Å². The summed E-state index contributed by atoms with van der Waals surface area (Å²) in [5, 5.41) is 6.72. The van der Waals surface area contributed by atoms with Gasteiger partial charge >= 0.3 is 5.97 Å². The summed E-state index contributed by atoms with van der Waals surface area (Å²) >= 11 is 0. The second kappa shape index (κ2) is 9.76. The molecule has 0 aliphatic heterocycles. The Balaban J connectivity index is 2.57. The molecule has 7 nitrogen and oxygen atoms in total. The SMILES string of the molecule is CCCCn1nc(C(=O)OCC(=O)N[C@@H](C)CCC)ccc1=O. The molecule has 0 bridgehead atoms. The fourth-order valence-corrected chi connectivity index (χ4v) is 2.05. The maximum atomic E-state index is 11.9. The first kappa shape index (κ1) is 18.9. The van der Waals surface area contributed by atoms with Gasteiger partial charge in [0.2, 0.25) is 0 Å². The van der Waals surface area contributed by atoms with Crippen LogP contribution in [0.1, 0.15) is 56.9 Å². The number of hydrogen-bond acceptors (Lipinski definition) is 5. The minimum Gasteiger partial charge on any atom is -0.451 e. The molecular formula is C16H25N3O4. The molecule has 128 valence electrons. The van der Waals surface area contributed by atoms with Crippen LogP contribution in [0, 0.1) is 0 Å². The molecule has 1 N–H and O–H groups in total. The highest BCUT2D eigenvalue weighted by molar-refractivity contribution is 5.89. The van der Waals surface area contributed by atoms with Crippen molar-refractivity contribution in [2.24, 2.45) is 0 Å². The monoisotopic (exact) mass is 323 g/mol. The standard InChI is InChI=1S/C16H25N3O4/c1-4-6-10-19-15(21)9-8-13(18-19)16(22)23-11-14(20)17-12(3)7-5-2/h8-9,12H,4-7,10-11H2,1-3H3,(H,17,20)/t12-/m0/s1. The number of rotatable bonds is 9. The van der Waals surface area contributed by atoms with Gasteiger partial charge in [0.1, 0.15) is 0 Å². The number of unbranched alkanes of at least 4 members (excludes halogenated alkanes) is 1. The zero-order chi connectivity index (χ0) is 17.2. The Hall–Kier alpha value is -2.18. The highest BCUT2D eigenvalue weighted by Gasteiger charge is 2.14. The Bertz CT molecular complexity index is 583. The molecule has 0 spiro atoms. The smallest absolute Gasteiger partial charge is 0.359 e. The Kier molecular flexibility index (Phi) is 8.01. The van der Waals surface area contributed by atoms with Crippen molar-refractivity contribution in [2.75, 3.05) is 6.61 Å². The van der Waals surface area contributed by atoms with Gasteiger partial charge in [-0.05, 0) is 25.8 Å². The Morgan fingerprint density at radius 3 is 2.70 bits per heavy atom. The average molecular weight is 323 g/mol. The van der Waals surface area contributed by atoms with Crippen LogP contribution in [0.5, 0.6) is 0 Å². The number of amides is 1. The van der Waals surface area contributed by atoms with E-state index in [0.717, 1.165) is 25.7 Å². The zero-order valence-electron chi connectivity index (χ0n) is 14.0. The lowest BCUT2D eigenvalue weighted by atomic mass is 10.2. The summed E-state index contributed by atoms with van der Waals surface area (Å²) < 4.78 is 6.18. The summed E-state index contributed by atoms with van der Waals surface area (Å²) in [7, 11) is 0. The number of nitrogens with one attached hydrogen (secondary N) is 1. The van der Waals surface area contributed by atoms with Crippen molar-refractivity contribution >= 4 is 11.9 Å². The Morgan fingerprint density at radius 2 is 2.04 bits per heavy atom. The number of hydrogen-bond donors (Lipinski definition) is 1. The van der Waals surface area contributed by atoms with E-state index in [1.807, 2.05) is 20.8 Å². The van der Waals surface area contributed by atoms with Crippen LogP contribution < -0.4 is 10.9 Å². The second-order valence-corrected chi connectivity index (χ2v) is 5.47. The molecule has 1 aromatic rings. The number of carbonyl (C=O) groups excluding carboxylic acids is 2. The highest BCUT2D eigenvalue weighted by Crippen LogP contribution is 1.98. The predicted octanol–water partition coefficient (Wildman–Crippen LogP) is 1.50. The molecule has 0 unspecified atom stereocenters. The minimum absolute atomic E-state index is 0.0232. The van der Waals surface area contributed by atoms with Crippen LogP contribution in [0.15, 0.2) is 16.9 Å². The van der Waals surface area contributed by atoms with Gasteiger partial charge in [-0.15, -0.1) is 0 Å². The normalized spacial score (nSPS) is 11.8. The molecular weight excluding hydrogens is 298 g/mol. The molecule has 7 heteroatoms. The Labute approximate surface area is 136 Å². The largest absolute Gasteiger partial charge is 0.451 e. The molecule has 0 aliphatic rings. The van der Waals surface area contributed by atoms with Crippen LogP contribution in [0.2, 0.25) is 0 Å². The van der Waals surface area contributed by atoms with Gasteiger partial charge < -0.3 is 10.1 Å². The van der Waals surface area contributed by atoms with E-state index in [2.05, 4.69) is 10.4 Å². The van der Waals surface area contributed by atoms with Crippen molar-refractivity contribution in [2.45, 2.75) is 59.0 Å². The van der Waals surface area contributed by atoms with E-state index in [1.54, 1.807) is 0 Å². The number of esters is 1. The maximum absolute atomic E-state index is 11.9. The van der Waals surface area contributed by atoms with Gasteiger partial charge in [0.05, 0.1) is 0 Å². The fourth-order valence-electron chi connectivity index (χ4n) is 2.05. The molecule has 0 saturated heterocycles. The maximum Gasteiger partial charge on any atom is 0.359 e. The van der Waals surface area contributed by atoms with Crippen molar-refractivity contribution < 1.29 is 14.3 Å². The second-order valence-electron chi connectivity index (χ2n) is 5.47. The molecule has 0 aromatic carbocycles. The molecule has 1 rings (SSSR count). The number of ether oxygens (including phenoxy) is 1. The van der Waals surface area contributed by atoms with Crippen LogP contribution in [-0.2, 0) is 16.1 Å². The van der Waals surface area contributed by atoms with Crippen LogP contribution in [-0.4, -0.2) is 34.3 Å². The highest BCUT2D eigenvalue weighted by atomic mass is 16.5. The van der Waals surface area contributed by atoms with Crippen molar-refractivity contribution in [3.63, 3.8) is 0 Å². The lowest BCUT2D eigenvalue weighted by Gasteiger charge is -2.12. The first-order valence-electron chi connectivity index (χ1n) is 8.02.